The number of unbranched alkanes of at least 4 members (excludes halogenated alkanes) is 2. The van der Waals surface area contributed by atoms with Crippen LogP contribution < -0.4 is 5.73 Å². The Balaban J connectivity index is 2.00. The van der Waals surface area contributed by atoms with Gasteiger partial charge in [-0.05, 0) is 25.3 Å². The second-order valence-electron chi connectivity index (χ2n) is 4.36. The van der Waals surface area contributed by atoms with Gasteiger partial charge in [-0.2, -0.15) is 5.10 Å². The SMILES string of the molecule is Nc1ccccc1-c1cnn(CCCCCO)c1. The highest BCUT2D eigenvalue weighted by molar-refractivity contribution is 5.75. The molecule has 0 amide bonds. The standard InChI is InChI=1S/C14H19N3O/c15-14-7-3-2-6-13(14)12-10-16-17(11-12)8-4-1-5-9-18/h2-3,6-7,10-11,18H,1,4-5,8-9,15H2. The summed E-state index contributed by atoms with van der Waals surface area (Å²) in [5, 5.41) is 13.0. The van der Waals surface area contributed by atoms with Crippen molar-refractivity contribution in [3.8, 4) is 11.1 Å². The number of hydrogen-bond acceptors (Lipinski definition) is 3. The molecule has 0 radical (unpaired) electrons. The van der Waals surface area contributed by atoms with Crippen molar-refractivity contribution < 1.29 is 5.11 Å². The molecule has 2 rings (SSSR count). The van der Waals surface area contributed by atoms with Crippen molar-refractivity contribution in [2.45, 2.75) is 25.8 Å². The van der Waals surface area contributed by atoms with Gasteiger partial charge >= 0.3 is 0 Å². The highest BCUT2D eigenvalue weighted by atomic mass is 16.2. The third kappa shape index (κ3) is 3.11. The monoisotopic (exact) mass is 245 g/mol. The summed E-state index contributed by atoms with van der Waals surface area (Å²) in [5.74, 6) is 0. The molecule has 1 aromatic heterocycles. The summed E-state index contributed by atoms with van der Waals surface area (Å²) >= 11 is 0. The first kappa shape index (κ1) is 12.6. The minimum atomic E-state index is 0.269. The lowest BCUT2D eigenvalue weighted by atomic mass is 10.1. The van der Waals surface area contributed by atoms with Crippen LogP contribution in [0.15, 0.2) is 36.7 Å². The molecule has 0 spiro atoms. The van der Waals surface area contributed by atoms with Crippen LogP contribution >= 0.6 is 0 Å². The highest BCUT2D eigenvalue weighted by Crippen LogP contribution is 2.24. The number of nitrogens with zero attached hydrogens (tertiary/aromatic N) is 2. The molecule has 4 nitrogen and oxygen atoms in total. The smallest absolute Gasteiger partial charge is 0.0569 e. The number of benzene rings is 1. The molecule has 96 valence electrons. The Labute approximate surface area is 107 Å². The fourth-order valence-corrected chi connectivity index (χ4v) is 1.95. The lowest BCUT2D eigenvalue weighted by molar-refractivity contribution is 0.281. The molecule has 0 fully saturated rings. The quantitative estimate of drug-likeness (QED) is 0.606. The number of anilines is 1. The minimum Gasteiger partial charge on any atom is -0.398 e. The van der Waals surface area contributed by atoms with E-state index in [0.717, 1.165) is 42.6 Å². The van der Waals surface area contributed by atoms with E-state index >= 15 is 0 Å². The molecule has 3 N–H and O–H groups in total. The fourth-order valence-electron chi connectivity index (χ4n) is 1.95. The fraction of sp³-hybridized carbons (Fsp3) is 0.357. The number of para-hydroxylation sites is 1. The molecule has 0 bridgehead atoms. The third-order valence-corrected chi connectivity index (χ3v) is 2.95. The molecule has 0 atom stereocenters. The molecule has 0 unspecified atom stereocenters. The molecule has 1 aromatic carbocycles. The Kier molecular flexibility index (Phi) is 4.36. The van der Waals surface area contributed by atoms with E-state index in [1.807, 2.05) is 41.3 Å². The van der Waals surface area contributed by atoms with Gasteiger partial charge in [0.1, 0.15) is 0 Å². The van der Waals surface area contributed by atoms with Crippen LogP contribution in [0.2, 0.25) is 0 Å². The van der Waals surface area contributed by atoms with Gasteiger partial charge in [0.15, 0.2) is 0 Å². The van der Waals surface area contributed by atoms with Crippen molar-refractivity contribution in [1.82, 2.24) is 9.78 Å². The number of nitrogen functional groups attached to an aromatic ring is 1. The maximum absolute atomic E-state index is 8.71. The first-order valence-electron chi connectivity index (χ1n) is 6.29. The summed E-state index contributed by atoms with van der Waals surface area (Å²) in [5.41, 5.74) is 8.79. The van der Waals surface area contributed by atoms with Crippen molar-refractivity contribution in [1.29, 1.82) is 0 Å². The molecular weight excluding hydrogens is 226 g/mol. The van der Waals surface area contributed by atoms with E-state index in [0.29, 0.717) is 0 Å². The van der Waals surface area contributed by atoms with Gasteiger partial charge in [0, 0.05) is 36.2 Å². The van der Waals surface area contributed by atoms with Crippen LogP contribution in [0.1, 0.15) is 19.3 Å². The van der Waals surface area contributed by atoms with Crippen LogP contribution in [0, 0.1) is 0 Å². The predicted molar refractivity (Wildman–Crippen MR) is 73.0 cm³/mol. The lowest BCUT2D eigenvalue weighted by Gasteiger charge is -2.02. The number of aromatic nitrogens is 2. The van der Waals surface area contributed by atoms with E-state index < -0.39 is 0 Å². The van der Waals surface area contributed by atoms with Gasteiger partial charge in [-0.3, -0.25) is 4.68 Å². The van der Waals surface area contributed by atoms with Crippen molar-refractivity contribution in [2.75, 3.05) is 12.3 Å². The number of hydrogen-bond donors (Lipinski definition) is 2. The molecule has 0 aliphatic carbocycles. The summed E-state index contributed by atoms with van der Waals surface area (Å²) in [6, 6.07) is 7.80. The van der Waals surface area contributed by atoms with Crippen LogP contribution in [0.5, 0.6) is 0 Å². The molecule has 0 aliphatic heterocycles. The largest absolute Gasteiger partial charge is 0.398 e. The number of aliphatic hydroxyl groups excluding tert-OH is 1. The second-order valence-corrected chi connectivity index (χ2v) is 4.36. The van der Waals surface area contributed by atoms with Gasteiger partial charge in [-0.25, -0.2) is 0 Å². The van der Waals surface area contributed by atoms with Crippen LogP contribution in [0.25, 0.3) is 11.1 Å². The molecule has 0 saturated carbocycles. The molecule has 0 aliphatic rings. The Bertz CT molecular complexity index is 493. The maximum atomic E-state index is 8.71. The third-order valence-electron chi connectivity index (χ3n) is 2.95. The van der Waals surface area contributed by atoms with Gasteiger partial charge in [-0.15, -0.1) is 0 Å². The zero-order chi connectivity index (χ0) is 12.8. The van der Waals surface area contributed by atoms with Crippen molar-refractivity contribution in [3.05, 3.63) is 36.7 Å². The van der Waals surface area contributed by atoms with Crippen LogP contribution in [-0.2, 0) is 6.54 Å². The van der Waals surface area contributed by atoms with Gasteiger partial charge < -0.3 is 10.8 Å². The van der Waals surface area contributed by atoms with E-state index in [1.165, 1.54) is 0 Å². The molecule has 4 heteroatoms. The lowest BCUT2D eigenvalue weighted by Crippen LogP contribution is -1.98. The molecule has 0 saturated heterocycles. The average molecular weight is 245 g/mol. The Morgan fingerprint density at radius 3 is 2.78 bits per heavy atom. The summed E-state index contributed by atoms with van der Waals surface area (Å²) in [6.07, 6.45) is 6.78. The normalized spacial score (nSPS) is 10.7. The Hall–Kier alpha value is -1.81. The summed E-state index contributed by atoms with van der Waals surface area (Å²) in [7, 11) is 0. The molecule has 1 heterocycles. The van der Waals surface area contributed by atoms with E-state index in [1.54, 1.807) is 0 Å². The van der Waals surface area contributed by atoms with Crippen LogP contribution in [0.3, 0.4) is 0 Å². The van der Waals surface area contributed by atoms with Gasteiger partial charge in [0.2, 0.25) is 0 Å². The van der Waals surface area contributed by atoms with E-state index in [2.05, 4.69) is 5.10 Å². The minimum absolute atomic E-state index is 0.269. The van der Waals surface area contributed by atoms with E-state index in [-0.39, 0.29) is 6.61 Å². The second kappa shape index (κ2) is 6.21. The molecular formula is C14H19N3O. The number of nitrogens with two attached hydrogens (primary N) is 1. The Morgan fingerprint density at radius 2 is 2.00 bits per heavy atom. The summed E-state index contributed by atoms with van der Waals surface area (Å²) < 4.78 is 1.93. The van der Waals surface area contributed by atoms with E-state index in [4.69, 9.17) is 10.8 Å². The van der Waals surface area contributed by atoms with Crippen molar-refractivity contribution >= 4 is 5.69 Å². The number of aryl methyl sites for hydroxylation is 1. The molecule has 2 aromatic rings. The topological polar surface area (TPSA) is 64.1 Å². The first-order valence-corrected chi connectivity index (χ1v) is 6.29. The van der Waals surface area contributed by atoms with Crippen molar-refractivity contribution in [3.63, 3.8) is 0 Å². The molecule has 18 heavy (non-hydrogen) atoms. The number of aliphatic hydroxyl groups is 1. The van der Waals surface area contributed by atoms with Crippen molar-refractivity contribution in [2.24, 2.45) is 0 Å². The van der Waals surface area contributed by atoms with Crippen LogP contribution in [-0.4, -0.2) is 21.5 Å². The highest BCUT2D eigenvalue weighted by Gasteiger charge is 2.04. The predicted octanol–water partition coefficient (Wildman–Crippen LogP) is 2.29. The first-order chi connectivity index (χ1) is 8.81. The van der Waals surface area contributed by atoms with Gasteiger partial charge in [-0.1, -0.05) is 18.2 Å². The Morgan fingerprint density at radius 1 is 1.17 bits per heavy atom. The average Bonchev–Trinajstić information content (AvgIpc) is 2.84. The van der Waals surface area contributed by atoms with E-state index in [9.17, 15) is 0 Å². The zero-order valence-electron chi connectivity index (χ0n) is 10.4. The summed E-state index contributed by atoms with van der Waals surface area (Å²) in [6.45, 7) is 1.15. The number of rotatable bonds is 6. The summed E-state index contributed by atoms with van der Waals surface area (Å²) in [4.78, 5) is 0. The van der Waals surface area contributed by atoms with Gasteiger partial charge in [0.05, 0.1) is 6.20 Å². The van der Waals surface area contributed by atoms with Gasteiger partial charge in [0.25, 0.3) is 0 Å². The zero-order valence-corrected chi connectivity index (χ0v) is 10.4. The maximum Gasteiger partial charge on any atom is 0.0569 e. The van der Waals surface area contributed by atoms with Crippen LogP contribution in [0.4, 0.5) is 5.69 Å².